The third-order valence-corrected chi connectivity index (χ3v) is 3.64. The summed E-state index contributed by atoms with van der Waals surface area (Å²) in [6, 6.07) is 0. The fraction of sp³-hybridized carbons (Fsp3) is 0.615. The molecule has 0 atom stereocenters. The SMILES string of the molecule is CCc1noc(Cn2nc(C(F)(F)F)c3c2CCCC3)n1. The third-order valence-electron chi connectivity index (χ3n) is 3.64. The first kappa shape index (κ1) is 14.1. The number of aryl methyl sites for hydroxylation is 1. The van der Waals surface area contributed by atoms with E-state index in [4.69, 9.17) is 4.52 Å². The Labute approximate surface area is 119 Å². The van der Waals surface area contributed by atoms with Crippen molar-refractivity contribution in [2.75, 3.05) is 0 Å². The van der Waals surface area contributed by atoms with E-state index in [0.29, 0.717) is 36.3 Å². The molecule has 2 aromatic rings. The van der Waals surface area contributed by atoms with E-state index in [2.05, 4.69) is 15.2 Å². The lowest BCUT2D eigenvalue weighted by atomic mass is 9.95. The van der Waals surface area contributed by atoms with Crippen LogP contribution >= 0.6 is 0 Å². The first-order valence-electron chi connectivity index (χ1n) is 6.96. The lowest BCUT2D eigenvalue weighted by molar-refractivity contribution is -0.142. The molecule has 0 spiro atoms. The van der Waals surface area contributed by atoms with Crippen LogP contribution in [0, 0.1) is 0 Å². The van der Waals surface area contributed by atoms with Crippen molar-refractivity contribution >= 4 is 0 Å². The lowest BCUT2D eigenvalue weighted by Gasteiger charge is -2.14. The highest BCUT2D eigenvalue weighted by Crippen LogP contribution is 2.35. The van der Waals surface area contributed by atoms with E-state index in [-0.39, 0.29) is 12.4 Å². The summed E-state index contributed by atoms with van der Waals surface area (Å²) in [7, 11) is 0. The van der Waals surface area contributed by atoms with Crippen molar-refractivity contribution in [3.05, 3.63) is 28.7 Å². The number of alkyl halides is 3. The Morgan fingerprint density at radius 3 is 2.67 bits per heavy atom. The van der Waals surface area contributed by atoms with Gasteiger partial charge < -0.3 is 4.52 Å². The van der Waals surface area contributed by atoms with Gasteiger partial charge >= 0.3 is 6.18 Å². The molecule has 0 N–H and O–H groups in total. The van der Waals surface area contributed by atoms with Crippen LogP contribution in [0.2, 0.25) is 0 Å². The van der Waals surface area contributed by atoms with Gasteiger partial charge in [-0.15, -0.1) is 0 Å². The van der Waals surface area contributed by atoms with E-state index in [1.165, 1.54) is 4.68 Å². The summed E-state index contributed by atoms with van der Waals surface area (Å²) in [5.41, 5.74) is 0.196. The smallest absolute Gasteiger partial charge is 0.337 e. The van der Waals surface area contributed by atoms with Gasteiger partial charge in [0.05, 0.1) is 0 Å². The maximum absolute atomic E-state index is 13.1. The molecule has 0 amide bonds. The highest BCUT2D eigenvalue weighted by Gasteiger charge is 2.39. The average Bonchev–Trinajstić information content (AvgIpc) is 3.04. The van der Waals surface area contributed by atoms with Crippen LogP contribution in [0.15, 0.2) is 4.52 Å². The number of halogens is 3. The molecule has 0 bridgehead atoms. The van der Waals surface area contributed by atoms with E-state index in [1.54, 1.807) is 0 Å². The minimum Gasteiger partial charge on any atom is -0.337 e. The zero-order valence-corrected chi connectivity index (χ0v) is 11.6. The highest BCUT2D eigenvalue weighted by atomic mass is 19.4. The molecule has 0 radical (unpaired) electrons. The van der Waals surface area contributed by atoms with Gasteiger partial charge in [-0.1, -0.05) is 12.1 Å². The van der Waals surface area contributed by atoms with Crippen molar-refractivity contribution in [2.24, 2.45) is 0 Å². The largest absolute Gasteiger partial charge is 0.435 e. The molecular formula is C13H15F3N4O. The van der Waals surface area contributed by atoms with Crippen molar-refractivity contribution in [3.63, 3.8) is 0 Å². The predicted molar refractivity (Wildman–Crippen MR) is 66.6 cm³/mol. The van der Waals surface area contributed by atoms with Gasteiger partial charge in [-0.3, -0.25) is 4.68 Å². The zero-order chi connectivity index (χ0) is 15.0. The van der Waals surface area contributed by atoms with Gasteiger partial charge in [0.1, 0.15) is 6.54 Å². The molecule has 21 heavy (non-hydrogen) atoms. The first-order chi connectivity index (χ1) is 9.99. The topological polar surface area (TPSA) is 56.7 Å². The summed E-state index contributed by atoms with van der Waals surface area (Å²) in [5, 5.41) is 7.51. The molecule has 1 aliphatic rings. The predicted octanol–water partition coefficient (Wildman–Crippen LogP) is 2.77. The molecule has 0 unspecified atom stereocenters. The minimum atomic E-state index is -4.42. The Balaban J connectivity index is 1.96. The van der Waals surface area contributed by atoms with Gasteiger partial charge in [0.2, 0.25) is 5.89 Å². The van der Waals surface area contributed by atoms with E-state index >= 15 is 0 Å². The summed E-state index contributed by atoms with van der Waals surface area (Å²) in [6.45, 7) is 1.97. The minimum absolute atomic E-state index is 0.0887. The normalized spacial score (nSPS) is 15.2. The molecular weight excluding hydrogens is 285 g/mol. The van der Waals surface area contributed by atoms with E-state index < -0.39 is 11.9 Å². The van der Waals surface area contributed by atoms with E-state index in [9.17, 15) is 13.2 Å². The van der Waals surface area contributed by atoms with Crippen LogP contribution in [0.3, 0.4) is 0 Å². The van der Waals surface area contributed by atoms with Gasteiger partial charge in [0.25, 0.3) is 0 Å². The molecule has 1 aliphatic carbocycles. The molecule has 0 aliphatic heterocycles. The summed E-state index contributed by atoms with van der Waals surface area (Å²) in [6.07, 6.45) is -1.13. The number of rotatable bonds is 3. The average molecular weight is 300 g/mol. The van der Waals surface area contributed by atoms with Crippen molar-refractivity contribution in [3.8, 4) is 0 Å². The molecule has 8 heteroatoms. The van der Waals surface area contributed by atoms with Gasteiger partial charge in [-0.05, 0) is 25.7 Å². The molecule has 0 aromatic carbocycles. The highest BCUT2D eigenvalue weighted by molar-refractivity contribution is 5.31. The second kappa shape index (κ2) is 5.16. The van der Waals surface area contributed by atoms with Crippen LogP contribution in [0.1, 0.15) is 48.4 Å². The summed E-state index contributed by atoms with van der Waals surface area (Å²) in [5.74, 6) is 0.832. The van der Waals surface area contributed by atoms with Crippen LogP contribution < -0.4 is 0 Å². The van der Waals surface area contributed by atoms with E-state index in [0.717, 1.165) is 12.8 Å². The standard InChI is InChI=1S/C13H15F3N4O/c1-2-10-17-11(21-19-10)7-20-9-6-4-3-5-8(9)12(18-20)13(14,15)16/h2-7H2,1H3. The molecule has 3 rings (SSSR count). The molecule has 0 saturated heterocycles. The quantitative estimate of drug-likeness (QED) is 0.874. The molecule has 5 nitrogen and oxygen atoms in total. The van der Waals surface area contributed by atoms with Crippen LogP contribution in [-0.4, -0.2) is 19.9 Å². The van der Waals surface area contributed by atoms with Crippen molar-refractivity contribution in [1.29, 1.82) is 0 Å². The molecule has 2 heterocycles. The maximum atomic E-state index is 13.1. The Hall–Kier alpha value is -1.86. The number of hydrogen-bond acceptors (Lipinski definition) is 4. The van der Waals surface area contributed by atoms with Crippen LogP contribution in [-0.2, 0) is 32.0 Å². The molecule has 0 fully saturated rings. The van der Waals surface area contributed by atoms with Gasteiger partial charge in [0.15, 0.2) is 11.5 Å². The maximum Gasteiger partial charge on any atom is 0.435 e. The Kier molecular flexibility index (Phi) is 3.46. The molecule has 2 aromatic heterocycles. The fourth-order valence-corrected chi connectivity index (χ4v) is 2.66. The molecule has 0 saturated carbocycles. The second-order valence-corrected chi connectivity index (χ2v) is 5.09. The summed E-state index contributed by atoms with van der Waals surface area (Å²) in [4.78, 5) is 4.12. The van der Waals surface area contributed by atoms with Gasteiger partial charge in [0, 0.05) is 17.7 Å². The summed E-state index contributed by atoms with van der Waals surface area (Å²) >= 11 is 0. The fourth-order valence-electron chi connectivity index (χ4n) is 2.66. The third kappa shape index (κ3) is 2.66. The van der Waals surface area contributed by atoms with Crippen LogP contribution in [0.4, 0.5) is 13.2 Å². The van der Waals surface area contributed by atoms with Crippen molar-refractivity contribution in [1.82, 2.24) is 19.9 Å². The Morgan fingerprint density at radius 1 is 1.24 bits per heavy atom. The lowest BCUT2D eigenvalue weighted by Crippen LogP contribution is -2.11. The van der Waals surface area contributed by atoms with Crippen LogP contribution in [0.5, 0.6) is 0 Å². The summed E-state index contributed by atoms with van der Waals surface area (Å²) < 4.78 is 45.6. The van der Waals surface area contributed by atoms with Gasteiger partial charge in [-0.25, -0.2) is 0 Å². The second-order valence-electron chi connectivity index (χ2n) is 5.09. The van der Waals surface area contributed by atoms with Crippen LogP contribution in [0.25, 0.3) is 0 Å². The number of nitrogens with zero attached hydrogens (tertiary/aromatic N) is 4. The molecule has 114 valence electrons. The zero-order valence-electron chi connectivity index (χ0n) is 11.6. The Morgan fingerprint density at radius 2 is 2.00 bits per heavy atom. The number of fused-ring (bicyclic) bond motifs is 1. The van der Waals surface area contributed by atoms with E-state index in [1.807, 2.05) is 6.92 Å². The van der Waals surface area contributed by atoms with Crippen molar-refractivity contribution in [2.45, 2.75) is 51.7 Å². The van der Waals surface area contributed by atoms with Gasteiger partial charge in [-0.2, -0.15) is 23.3 Å². The number of aromatic nitrogens is 4. The Bertz CT molecular complexity index is 644. The monoisotopic (exact) mass is 300 g/mol. The van der Waals surface area contributed by atoms with Crippen molar-refractivity contribution < 1.29 is 17.7 Å². The number of hydrogen-bond donors (Lipinski definition) is 0. The first-order valence-corrected chi connectivity index (χ1v) is 6.96.